The van der Waals surface area contributed by atoms with Gasteiger partial charge in [-0.15, -0.1) is 0 Å². The van der Waals surface area contributed by atoms with Gasteiger partial charge in [-0.2, -0.15) is 0 Å². The van der Waals surface area contributed by atoms with Crippen molar-refractivity contribution in [3.63, 3.8) is 0 Å². The molecule has 0 aromatic heterocycles. The maximum absolute atomic E-state index is 11.9. The van der Waals surface area contributed by atoms with Crippen LogP contribution in [0.25, 0.3) is 0 Å². The third-order valence-electron chi connectivity index (χ3n) is 3.07. The average Bonchev–Trinajstić information content (AvgIpc) is 2.48. The molecule has 2 amide bonds. The van der Waals surface area contributed by atoms with Gasteiger partial charge in [-0.1, -0.05) is 0 Å². The summed E-state index contributed by atoms with van der Waals surface area (Å²) in [6.07, 6.45) is 0.161. The fourth-order valence-electron chi connectivity index (χ4n) is 2.16. The highest BCUT2D eigenvalue weighted by atomic mass is 16.6. The topological polar surface area (TPSA) is 59.1 Å². The molecular formula is C12H20N2O4. The largest absolute Gasteiger partial charge is 0.447 e. The van der Waals surface area contributed by atoms with Crippen molar-refractivity contribution in [2.75, 3.05) is 26.2 Å². The molecule has 0 saturated carbocycles. The Morgan fingerprint density at radius 2 is 2.06 bits per heavy atom. The predicted octanol–water partition coefficient (Wildman–Crippen LogP) is 1.45. The number of hydrogen-bond donors (Lipinski definition) is 0. The van der Waals surface area contributed by atoms with Crippen molar-refractivity contribution < 1.29 is 19.1 Å². The zero-order chi connectivity index (χ0) is 13.3. The lowest BCUT2D eigenvalue weighted by atomic mass is 10.2. The van der Waals surface area contributed by atoms with Gasteiger partial charge in [0, 0.05) is 19.6 Å². The third-order valence-corrected chi connectivity index (χ3v) is 3.07. The van der Waals surface area contributed by atoms with Gasteiger partial charge >= 0.3 is 12.2 Å². The van der Waals surface area contributed by atoms with Crippen LogP contribution in [0.15, 0.2) is 0 Å². The zero-order valence-corrected chi connectivity index (χ0v) is 11.1. The first-order valence-corrected chi connectivity index (χ1v) is 6.28. The minimum Gasteiger partial charge on any atom is -0.447 e. The second-order valence-corrected chi connectivity index (χ2v) is 5.68. The number of carbonyl (C=O) groups is 2. The quantitative estimate of drug-likeness (QED) is 0.658. The standard InChI is InChI=1S/C12H20N2O4/c1-12(2,3)18-10(15)13-5-4-9-8-17-11(16)14(9)7-6-13/h9H,4-8H2,1-3H3. The van der Waals surface area contributed by atoms with Crippen LogP contribution in [0.5, 0.6) is 0 Å². The van der Waals surface area contributed by atoms with Gasteiger partial charge in [0.05, 0.1) is 6.04 Å². The Bertz CT molecular complexity index is 350. The molecule has 0 aliphatic carbocycles. The van der Waals surface area contributed by atoms with E-state index >= 15 is 0 Å². The van der Waals surface area contributed by atoms with Crippen molar-refractivity contribution >= 4 is 12.2 Å². The molecule has 0 bridgehead atoms. The Hall–Kier alpha value is -1.46. The molecule has 2 fully saturated rings. The number of ether oxygens (including phenoxy) is 2. The normalized spacial score (nSPS) is 24.4. The highest BCUT2D eigenvalue weighted by Gasteiger charge is 2.36. The molecule has 0 radical (unpaired) electrons. The van der Waals surface area contributed by atoms with Gasteiger partial charge in [-0.3, -0.25) is 4.90 Å². The van der Waals surface area contributed by atoms with Crippen molar-refractivity contribution in [1.29, 1.82) is 0 Å². The molecule has 6 nitrogen and oxygen atoms in total. The third kappa shape index (κ3) is 2.86. The van der Waals surface area contributed by atoms with Crippen LogP contribution in [-0.4, -0.2) is 59.9 Å². The Kier molecular flexibility index (Phi) is 3.36. The van der Waals surface area contributed by atoms with E-state index in [1.807, 2.05) is 20.8 Å². The first-order chi connectivity index (χ1) is 8.37. The van der Waals surface area contributed by atoms with Gasteiger partial charge in [-0.25, -0.2) is 9.59 Å². The number of fused-ring (bicyclic) bond motifs is 1. The van der Waals surface area contributed by atoms with Crippen molar-refractivity contribution in [3.05, 3.63) is 0 Å². The summed E-state index contributed by atoms with van der Waals surface area (Å²) in [5, 5.41) is 0. The molecule has 1 unspecified atom stereocenters. The lowest BCUT2D eigenvalue weighted by molar-refractivity contribution is 0.0255. The molecule has 2 saturated heterocycles. The van der Waals surface area contributed by atoms with Crippen molar-refractivity contribution in [1.82, 2.24) is 9.80 Å². The van der Waals surface area contributed by atoms with Gasteiger partial charge in [0.1, 0.15) is 12.2 Å². The molecule has 6 heteroatoms. The predicted molar refractivity (Wildman–Crippen MR) is 64.3 cm³/mol. The Balaban J connectivity index is 1.94. The number of nitrogens with zero attached hydrogens (tertiary/aromatic N) is 2. The summed E-state index contributed by atoms with van der Waals surface area (Å²) in [4.78, 5) is 26.7. The van der Waals surface area contributed by atoms with E-state index in [9.17, 15) is 9.59 Å². The second kappa shape index (κ2) is 4.66. The summed E-state index contributed by atoms with van der Waals surface area (Å²) in [6, 6.07) is 0.102. The highest BCUT2D eigenvalue weighted by Crippen LogP contribution is 2.20. The fourth-order valence-corrected chi connectivity index (χ4v) is 2.16. The van der Waals surface area contributed by atoms with Crippen LogP contribution in [0.1, 0.15) is 27.2 Å². The lowest BCUT2D eigenvalue weighted by Crippen LogP contribution is -2.39. The van der Waals surface area contributed by atoms with Gasteiger partial charge in [0.15, 0.2) is 0 Å². The van der Waals surface area contributed by atoms with E-state index in [1.54, 1.807) is 9.80 Å². The van der Waals surface area contributed by atoms with E-state index in [0.717, 1.165) is 6.42 Å². The monoisotopic (exact) mass is 256 g/mol. The van der Waals surface area contributed by atoms with Crippen LogP contribution in [0.2, 0.25) is 0 Å². The average molecular weight is 256 g/mol. The molecule has 1 atom stereocenters. The van der Waals surface area contributed by atoms with Crippen LogP contribution >= 0.6 is 0 Å². The molecule has 0 N–H and O–H groups in total. The summed E-state index contributed by atoms with van der Waals surface area (Å²) in [7, 11) is 0. The van der Waals surface area contributed by atoms with Gasteiger partial charge < -0.3 is 14.4 Å². The summed E-state index contributed by atoms with van der Waals surface area (Å²) in [5.74, 6) is 0. The van der Waals surface area contributed by atoms with Crippen LogP contribution in [-0.2, 0) is 9.47 Å². The summed E-state index contributed by atoms with van der Waals surface area (Å²) in [6.45, 7) is 7.59. The minimum absolute atomic E-state index is 0.102. The van der Waals surface area contributed by atoms with Gasteiger partial charge in [-0.05, 0) is 27.2 Å². The van der Waals surface area contributed by atoms with Crippen LogP contribution in [0.3, 0.4) is 0 Å². The summed E-state index contributed by atoms with van der Waals surface area (Å²) >= 11 is 0. The second-order valence-electron chi connectivity index (χ2n) is 5.68. The molecule has 2 aliphatic rings. The van der Waals surface area contributed by atoms with Gasteiger partial charge in [0.25, 0.3) is 0 Å². The summed E-state index contributed by atoms with van der Waals surface area (Å²) < 4.78 is 10.3. The molecule has 102 valence electrons. The first kappa shape index (κ1) is 13.0. The molecule has 18 heavy (non-hydrogen) atoms. The first-order valence-electron chi connectivity index (χ1n) is 6.28. The molecule has 0 spiro atoms. The van der Waals surface area contributed by atoms with Crippen molar-refractivity contribution in [3.8, 4) is 0 Å². The van der Waals surface area contributed by atoms with E-state index in [-0.39, 0.29) is 18.2 Å². The van der Waals surface area contributed by atoms with E-state index in [4.69, 9.17) is 9.47 Å². The molecule has 2 aliphatic heterocycles. The highest BCUT2D eigenvalue weighted by molar-refractivity contribution is 5.71. The Morgan fingerprint density at radius 1 is 1.33 bits per heavy atom. The number of rotatable bonds is 0. The number of carbonyl (C=O) groups excluding carboxylic acids is 2. The number of cyclic esters (lactones) is 1. The maximum Gasteiger partial charge on any atom is 0.410 e. The number of amides is 2. The molecular weight excluding hydrogens is 236 g/mol. The van der Waals surface area contributed by atoms with E-state index < -0.39 is 5.60 Å². The molecule has 2 heterocycles. The zero-order valence-electron chi connectivity index (χ0n) is 11.1. The molecule has 2 rings (SSSR count). The van der Waals surface area contributed by atoms with Gasteiger partial charge in [0.2, 0.25) is 0 Å². The van der Waals surface area contributed by atoms with Crippen LogP contribution < -0.4 is 0 Å². The van der Waals surface area contributed by atoms with E-state index in [2.05, 4.69) is 0 Å². The van der Waals surface area contributed by atoms with E-state index in [1.165, 1.54) is 0 Å². The SMILES string of the molecule is CC(C)(C)OC(=O)N1CCC2COC(=O)N2CC1. The van der Waals surface area contributed by atoms with Crippen molar-refractivity contribution in [2.45, 2.75) is 38.8 Å². The fraction of sp³-hybridized carbons (Fsp3) is 0.833. The molecule has 0 aromatic carbocycles. The maximum atomic E-state index is 11.9. The van der Waals surface area contributed by atoms with Crippen LogP contribution in [0, 0.1) is 0 Å². The lowest BCUT2D eigenvalue weighted by Gasteiger charge is -2.26. The Labute approximate surface area is 107 Å². The summed E-state index contributed by atoms with van der Waals surface area (Å²) in [5.41, 5.74) is -0.488. The van der Waals surface area contributed by atoms with Crippen molar-refractivity contribution in [2.24, 2.45) is 0 Å². The Morgan fingerprint density at radius 3 is 2.72 bits per heavy atom. The number of hydrogen-bond acceptors (Lipinski definition) is 4. The molecule has 0 aromatic rings. The van der Waals surface area contributed by atoms with E-state index in [0.29, 0.717) is 26.2 Å². The minimum atomic E-state index is -0.488. The van der Waals surface area contributed by atoms with Crippen LogP contribution in [0.4, 0.5) is 9.59 Å². The smallest absolute Gasteiger partial charge is 0.410 e.